The summed E-state index contributed by atoms with van der Waals surface area (Å²) in [6.07, 6.45) is 5.15. The molecule has 2 aromatic rings. The number of thiazole rings is 1. The molecule has 0 aliphatic carbocycles. The van der Waals surface area contributed by atoms with Crippen LogP contribution in [0.25, 0.3) is 0 Å². The molecule has 0 aliphatic rings. The monoisotopic (exact) mass is 302 g/mol. The average molecular weight is 302 g/mol. The van der Waals surface area contributed by atoms with Gasteiger partial charge >= 0.3 is 0 Å². The quantitative estimate of drug-likeness (QED) is 0.681. The Morgan fingerprint density at radius 3 is 3.00 bits per heavy atom. The Bertz CT molecular complexity index is 643. The topological polar surface area (TPSA) is 42.0 Å². The molecule has 0 unspecified atom stereocenters. The number of carbonyl (C=O) groups excluding carboxylic acids is 1. The van der Waals surface area contributed by atoms with Crippen LogP contribution >= 0.6 is 23.1 Å². The molecule has 0 saturated carbocycles. The Morgan fingerprint density at radius 1 is 1.50 bits per heavy atom. The van der Waals surface area contributed by atoms with Crippen molar-refractivity contribution in [2.45, 2.75) is 17.6 Å². The van der Waals surface area contributed by atoms with Crippen molar-refractivity contribution in [3.05, 3.63) is 45.9 Å². The summed E-state index contributed by atoms with van der Waals surface area (Å²) in [5.41, 5.74) is 1.69. The summed E-state index contributed by atoms with van der Waals surface area (Å²) < 4.78 is 0. The molecular weight excluding hydrogens is 288 g/mol. The molecule has 0 radical (unpaired) electrons. The van der Waals surface area contributed by atoms with Crippen LogP contribution in [0, 0.1) is 19.3 Å². The molecule has 0 aliphatic heterocycles. The number of benzene rings is 1. The third-order valence-corrected chi connectivity index (χ3v) is 4.45. The van der Waals surface area contributed by atoms with E-state index >= 15 is 0 Å². The highest BCUT2D eigenvalue weighted by molar-refractivity contribution is 7.98. The molecule has 1 aromatic heterocycles. The minimum Gasteiger partial charge on any atom is -0.341 e. The number of nitrogens with zero attached hydrogens (tertiary/aromatic N) is 1. The molecule has 1 heterocycles. The number of thioether (sulfide) groups is 1. The van der Waals surface area contributed by atoms with Gasteiger partial charge in [-0.05, 0) is 19.1 Å². The highest BCUT2D eigenvalue weighted by Crippen LogP contribution is 2.26. The van der Waals surface area contributed by atoms with E-state index in [2.05, 4.69) is 16.2 Å². The van der Waals surface area contributed by atoms with Gasteiger partial charge in [0.2, 0.25) is 0 Å². The number of carbonyl (C=O) groups is 1. The lowest BCUT2D eigenvalue weighted by molar-refractivity contribution is 0.0956. The van der Waals surface area contributed by atoms with Gasteiger partial charge in [-0.15, -0.1) is 29.5 Å². The molecule has 0 bridgehead atoms. The predicted octanol–water partition coefficient (Wildman–Crippen LogP) is 3.11. The summed E-state index contributed by atoms with van der Waals surface area (Å²) in [5.74, 6) is 3.02. The second kappa shape index (κ2) is 7.13. The number of nitrogens with one attached hydrogen (secondary N) is 1. The van der Waals surface area contributed by atoms with E-state index in [1.54, 1.807) is 29.2 Å². The van der Waals surface area contributed by atoms with Crippen molar-refractivity contribution in [2.24, 2.45) is 0 Å². The van der Waals surface area contributed by atoms with E-state index in [-0.39, 0.29) is 12.5 Å². The first kappa shape index (κ1) is 14.6. The fraction of sp³-hybridized carbons (Fsp3) is 0.200. The number of amides is 1. The molecule has 1 N–H and O–H groups in total. The van der Waals surface area contributed by atoms with Crippen molar-refractivity contribution in [2.75, 3.05) is 6.54 Å². The Labute approximate surface area is 126 Å². The van der Waals surface area contributed by atoms with Gasteiger partial charge in [0.25, 0.3) is 5.91 Å². The predicted molar refractivity (Wildman–Crippen MR) is 84.0 cm³/mol. The maximum absolute atomic E-state index is 12.0. The third-order valence-electron chi connectivity index (χ3n) is 2.52. The van der Waals surface area contributed by atoms with Crippen LogP contribution in [0.5, 0.6) is 0 Å². The van der Waals surface area contributed by atoms with Gasteiger partial charge in [0.15, 0.2) is 0 Å². The fourth-order valence-electron chi connectivity index (χ4n) is 1.63. The minimum atomic E-state index is -0.138. The number of aryl methyl sites for hydroxylation is 1. The Kier molecular flexibility index (Phi) is 5.22. The van der Waals surface area contributed by atoms with Gasteiger partial charge < -0.3 is 5.32 Å². The summed E-state index contributed by atoms with van der Waals surface area (Å²) in [7, 11) is 0. The first-order valence-corrected chi connectivity index (χ1v) is 7.91. The molecule has 5 heteroatoms. The number of terminal acetylenes is 1. The normalized spacial score (nSPS) is 10.0. The molecule has 2 rings (SSSR count). The van der Waals surface area contributed by atoms with E-state index in [0.717, 1.165) is 21.3 Å². The van der Waals surface area contributed by atoms with Crippen LogP contribution < -0.4 is 5.32 Å². The maximum Gasteiger partial charge on any atom is 0.253 e. The van der Waals surface area contributed by atoms with Crippen molar-refractivity contribution < 1.29 is 4.79 Å². The SMILES string of the molecule is C#CCNC(=O)c1ccccc1SCc1csc(C)n1. The van der Waals surface area contributed by atoms with Gasteiger partial charge in [0.1, 0.15) is 0 Å². The summed E-state index contributed by atoms with van der Waals surface area (Å²) in [6.45, 7) is 2.23. The largest absolute Gasteiger partial charge is 0.341 e. The second-order valence-electron chi connectivity index (χ2n) is 4.03. The smallest absolute Gasteiger partial charge is 0.253 e. The zero-order chi connectivity index (χ0) is 14.4. The number of rotatable bonds is 5. The average Bonchev–Trinajstić information content (AvgIpc) is 2.88. The van der Waals surface area contributed by atoms with E-state index in [4.69, 9.17) is 6.42 Å². The first-order valence-electron chi connectivity index (χ1n) is 6.05. The number of hydrogen-bond acceptors (Lipinski definition) is 4. The summed E-state index contributed by atoms with van der Waals surface area (Å²) in [4.78, 5) is 17.4. The third kappa shape index (κ3) is 3.86. The summed E-state index contributed by atoms with van der Waals surface area (Å²) in [6, 6.07) is 7.52. The van der Waals surface area contributed by atoms with Crippen LogP contribution in [-0.4, -0.2) is 17.4 Å². The number of aromatic nitrogens is 1. The molecule has 0 fully saturated rings. The van der Waals surface area contributed by atoms with E-state index in [0.29, 0.717) is 5.56 Å². The standard InChI is InChI=1S/C15H14N2OS2/c1-3-8-16-15(18)13-6-4-5-7-14(13)20-10-12-9-19-11(2)17-12/h1,4-7,9H,8,10H2,2H3,(H,16,18). The summed E-state index contributed by atoms with van der Waals surface area (Å²) in [5, 5.41) is 5.79. The molecule has 20 heavy (non-hydrogen) atoms. The van der Waals surface area contributed by atoms with Gasteiger partial charge in [-0.1, -0.05) is 18.1 Å². The van der Waals surface area contributed by atoms with Crippen LogP contribution in [0.3, 0.4) is 0 Å². The van der Waals surface area contributed by atoms with Crippen LogP contribution in [0.15, 0.2) is 34.5 Å². The molecule has 3 nitrogen and oxygen atoms in total. The lowest BCUT2D eigenvalue weighted by Gasteiger charge is -2.07. The van der Waals surface area contributed by atoms with E-state index in [1.807, 2.05) is 30.5 Å². The van der Waals surface area contributed by atoms with E-state index in [9.17, 15) is 4.79 Å². The number of hydrogen-bond donors (Lipinski definition) is 1. The van der Waals surface area contributed by atoms with Crippen molar-refractivity contribution in [1.82, 2.24) is 10.3 Å². The van der Waals surface area contributed by atoms with Crippen LogP contribution in [0.1, 0.15) is 21.1 Å². The minimum absolute atomic E-state index is 0.138. The lowest BCUT2D eigenvalue weighted by Crippen LogP contribution is -2.24. The van der Waals surface area contributed by atoms with E-state index in [1.165, 1.54) is 0 Å². The molecule has 102 valence electrons. The molecule has 0 spiro atoms. The maximum atomic E-state index is 12.0. The van der Waals surface area contributed by atoms with Crippen LogP contribution in [0.4, 0.5) is 0 Å². The van der Waals surface area contributed by atoms with Crippen molar-refractivity contribution in [3.8, 4) is 12.3 Å². The fourth-order valence-corrected chi connectivity index (χ4v) is 3.29. The Morgan fingerprint density at radius 2 is 2.30 bits per heavy atom. The molecule has 0 atom stereocenters. The highest BCUT2D eigenvalue weighted by Gasteiger charge is 2.11. The summed E-state index contributed by atoms with van der Waals surface area (Å²) >= 11 is 3.24. The van der Waals surface area contributed by atoms with Crippen LogP contribution in [-0.2, 0) is 5.75 Å². The molecular formula is C15H14N2OS2. The van der Waals surface area contributed by atoms with Crippen molar-refractivity contribution in [1.29, 1.82) is 0 Å². The second-order valence-corrected chi connectivity index (χ2v) is 6.11. The first-order chi connectivity index (χ1) is 9.70. The molecule has 1 aromatic carbocycles. The molecule has 1 amide bonds. The van der Waals surface area contributed by atoms with Crippen molar-refractivity contribution in [3.63, 3.8) is 0 Å². The van der Waals surface area contributed by atoms with Gasteiger partial charge in [0.05, 0.1) is 22.8 Å². The highest BCUT2D eigenvalue weighted by atomic mass is 32.2. The zero-order valence-electron chi connectivity index (χ0n) is 11.1. The Balaban J connectivity index is 2.08. The molecule has 0 saturated heterocycles. The zero-order valence-corrected chi connectivity index (χ0v) is 12.7. The lowest BCUT2D eigenvalue weighted by atomic mass is 10.2. The Hall–Kier alpha value is -1.77. The van der Waals surface area contributed by atoms with Gasteiger partial charge in [-0.3, -0.25) is 4.79 Å². The van der Waals surface area contributed by atoms with Crippen molar-refractivity contribution >= 4 is 29.0 Å². The van der Waals surface area contributed by atoms with Gasteiger partial charge in [0, 0.05) is 16.0 Å². The van der Waals surface area contributed by atoms with Gasteiger partial charge in [-0.25, -0.2) is 4.98 Å². The van der Waals surface area contributed by atoms with E-state index < -0.39 is 0 Å². The van der Waals surface area contributed by atoms with Crippen LogP contribution in [0.2, 0.25) is 0 Å². The van der Waals surface area contributed by atoms with Gasteiger partial charge in [-0.2, -0.15) is 0 Å².